The van der Waals surface area contributed by atoms with Crippen molar-refractivity contribution in [3.8, 4) is 0 Å². The van der Waals surface area contributed by atoms with Gasteiger partial charge in [-0.1, -0.05) is 43.3 Å². The Morgan fingerprint density at radius 3 is 2.45 bits per heavy atom. The van der Waals surface area contributed by atoms with E-state index < -0.39 is 16.1 Å². The molecule has 108 valence electrons. The Bertz CT molecular complexity index is 624. The second-order valence-corrected chi connectivity index (χ2v) is 7.43. The van der Waals surface area contributed by atoms with Gasteiger partial charge in [-0.2, -0.15) is 0 Å². The van der Waals surface area contributed by atoms with E-state index >= 15 is 0 Å². The summed E-state index contributed by atoms with van der Waals surface area (Å²) >= 11 is 1.16. The lowest BCUT2D eigenvalue weighted by Crippen LogP contribution is -2.40. The van der Waals surface area contributed by atoms with E-state index in [1.165, 1.54) is 0 Å². The molecule has 2 rings (SSSR count). The molecule has 6 heteroatoms. The van der Waals surface area contributed by atoms with Crippen LogP contribution in [0.25, 0.3) is 0 Å². The largest absolute Gasteiger partial charge is 0.395 e. The summed E-state index contributed by atoms with van der Waals surface area (Å²) in [5.74, 6) is -0.115. The third-order valence-electron chi connectivity index (χ3n) is 3.19. The van der Waals surface area contributed by atoms with Crippen molar-refractivity contribution in [2.45, 2.75) is 23.1 Å². The summed E-state index contributed by atoms with van der Waals surface area (Å²) < 4.78 is 27.2. The molecule has 20 heavy (non-hydrogen) atoms. The number of nitrogens with one attached hydrogen (secondary N) is 1. The van der Waals surface area contributed by atoms with Gasteiger partial charge in [0.1, 0.15) is 4.21 Å². The minimum absolute atomic E-state index is 0.115. The third-order valence-corrected chi connectivity index (χ3v) is 6.08. The van der Waals surface area contributed by atoms with Crippen LogP contribution in [0.3, 0.4) is 0 Å². The van der Waals surface area contributed by atoms with E-state index in [0.717, 1.165) is 16.9 Å². The number of benzene rings is 1. The van der Waals surface area contributed by atoms with Crippen LogP contribution >= 0.6 is 11.3 Å². The number of hydrogen-bond acceptors (Lipinski definition) is 4. The van der Waals surface area contributed by atoms with E-state index in [4.69, 9.17) is 0 Å². The lowest BCUT2D eigenvalue weighted by molar-refractivity contribution is 0.242. The Labute approximate surface area is 123 Å². The molecule has 0 unspecified atom stereocenters. The highest BCUT2D eigenvalue weighted by Gasteiger charge is 2.25. The maximum Gasteiger partial charge on any atom is 0.250 e. The lowest BCUT2D eigenvalue weighted by atomic mass is 9.94. The third kappa shape index (κ3) is 3.46. The fraction of sp³-hybridized carbons (Fsp3) is 0.286. The van der Waals surface area contributed by atoms with E-state index in [1.54, 1.807) is 17.5 Å². The summed E-state index contributed by atoms with van der Waals surface area (Å²) in [4.78, 5) is 0. The smallest absolute Gasteiger partial charge is 0.250 e. The van der Waals surface area contributed by atoms with Crippen molar-refractivity contribution < 1.29 is 13.5 Å². The fourth-order valence-electron chi connectivity index (χ4n) is 1.96. The van der Waals surface area contributed by atoms with Gasteiger partial charge in [0.05, 0.1) is 12.6 Å². The normalized spacial score (nSPS) is 14.9. The first-order chi connectivity index (χ1) is 9.54. The highest BCUT2D eigenvalue weighted by atomic mass is 32.2. The van der Waals surface area contributed by atoms with Crippen LogP contribution in [0.15, 0.2) is 52.1 Å². The van der Waals surface area contributed by atoms with Gasteiger partial charge in [0.2, 0.25) is 10.0 Å². The quantitative estimate of drug-likeness (QED) is 0.859. The van der Waals surface area contributed by atoms with Crippen molar-refractivity contribution in [3.63, 3.8) is 0 Å². The molecule has 1 aromatic heterocycles. The number of hydrogen-bond donors (Lipinski definition) is 2. The summed E-state index contributed by atoms with van der Waals surface area (Å²) in [6.07, 6.45) is 0. The Morgan fingerprint density at radius 1 is 1.20 bits per heavy atom. The van der Waals surface area contributed by atoms with Crippen LogP contribution in [0.5, 0.6) is 0 Å². The number of aliphatic hydroxyl groups excluding tert-OH is 1. The van der Waals surface area contributed by atoms with Crippen molar-refractivity contribution in [2.24, 2.45) is 0 Å². The first kappa shape index (κ1) is 15.2. The monoisotopic (exact) mass is 311 g/mol. The molecule has 0 fully saturated rings. The molecule has 0 bridgehead atoms. The van der Waals surface area contributed by atoms with Gasteiger partial charge in [0.15, 0.2) is 0 Å². The highest BCUT2D eigenvalue weighted by molar-refractivity contribution is 7.91. The molecule has 1 heterocycles. The van der Waals surface area contributed by atoms with Crippen molar-refractivity contribution in [2.75, 3.05) is 6.61 Å². The molecule has 2 atom stereocenters. The maximum absolute atomic E-state index is 12.2. The molecule has 2 aromatic rings. The van der Waals surface area contributed by atoms with Crippen molar-refractivity contribution in [3.05, 3.63) is 53.4 Å². The molecule has 0 saturated heterocycles. The van der Waals surface area contributed by atoms with Crippen molar-refractivity contribution in [1.82, 2.24) is 4.72 Å². The Morgan fingerprint density at radius 2 is 1.90 bits per heavy atom. The van der Waals surface area contributed by atoms with Gasteiger partial charge < -0.3 is 5.11 Å². The average molecular weight is 311 g/mol. The van der Waals surface area contributed by atoms with E-state index in [0.29, 0.717) is 0 Å². The Balaban J connectivity index is 2.18. The predicted octanol–water partition coefficient (Wildman–Crippen LogP) is 2.19. The molecule has 0 spiro atoms. The number of rotatable bonds is 6. The molecule has 0 aliphatic heterocycles. The molecule has 0 aliphatic rings. The van der Waals surface area contributed by atoms with E-state index in [-0.39, 0.29) is 16.7 Å². The summed E-state index contributed by atoms with van der Waals surface area (Å²) in [7, 11) is -3.57. The van der Waals surface area contributed by atoms with Crippen LogP contribution in [0.4, 0.5) is 0 Å². The van der Waals surface area contributed by atoms with E-state index in [9.17, 15) is 13.5 Å². The molecule has 0 aliphatic carbocycles. The Hall–Kier alpha value is -1.21. The molecule has 0 saturated carbocycles. The topological polar surface area (TPSA) is 66.4 Å². The summed E-state index contributed by atoms with van der Waals surface area (Å²) in [6, 6.07) is 12.2. The van der Waals surface area contributed by atoms with Gasteiger partial charge >= 0.3 is 0 Å². The zero-order valence-corrected chi connectivity index (χ0v) is 12.7. The summed E-state index contributed by atoms with van der Waals surface area (Å²) in [6.45, 7) is 1.65. The van der Waals surface area contributed by atoms with Crippen LogP contribution < -0.4 is 4.72 Å². The SMILES string of the molecule is C[C@@H](c1ccccc1)[C@H](CO)NS(=O)(=O)c1cccs1. The molecule has 4 nitrogen and oxygen atoms in total. The van der Waals surface area contributed by atoms with Crippen LogP contribution in [-0.4, -0.2) is 26.2 Å². The molecular formula is C14H17NO3S2. The standard InChI is InChI=1S/C14H17NO3S2/c1-11(12-6-3-2-4-7-12)13(10-16)15-20(17,18)14-8-5-9-19-14/h2-9,11,13,15-16H,10H2,1H3/t11-,13-/m0/s1. The first-order valence-corrected chi connectivity index (χ1v) is 8.62. The minimum atomic E-state index is -3.57. The van der Waals surface area contributed by atoms with E-state index in [1.807, 2.05) is 37.3 Å². The van der Waals surface area contributed by atoms with Crippen molar-refractivity contribution in [1.29, 1.82) is 0 Å². The van der Waals surface area contributed by atoms with Crippen LogP contribution in [0.2, 0.25) is 0 Å². The maximum atomic E-state index is 12.2. The van der Waals surface area contributed by atoms with Crippen molar-refractivity contribution >= 4 is 21.4 Å². The second kappa shape index (κ2) is 6.49. The van der Waals surface area contributed by atoms with Crippen LogP contribution in [0, 0.1) is 0 Å². The van der Waals surface area contributed by atoms with Gasteiger partial charge in [-0.3, -0.25) is 0 Å². The van der Waals surface area contributed by atoms with Gasteiger partial charge in [-0.15, -0.1) is 11.3 Å². The lowest BCUT2D eigenvalue weighted by Gasteiger charge is -2.23. The average Bonchev–Trinajstić information content (AvgIpc) is 3.00. The summed E-state index contributed by atoms with van der Waals surface area (Å²) in [5, 5.41) is 11.2. The van der Waals surface area contributed by atoms with Gasteiger partial charge in [0, 0.05) is 0 Å². The van der Waals surface area contributed by atoms with Gasteiger partial charge in [-0.05, 0) is 22.9 Å². The second-order valence-electron chi connectivity index (χ2n) is 4.54. The van der Waals surface area contributed by atoms with Crippen LogP contribution in [-0.2, 0) is 10.0 Å². The predicted molar refractivity (Wildman–Crippen MR) is 80.4 cm³/mol. The first-order valence-electron chi connectivity index (χ1n) is 6.26. The zero-order chi connectivity index (χ0) is 14.6. The van der Waals surface area contributed by atoms with Crippen LogP contribution in [0.1, 0.15) is 18.4 Å². The minimum Gasteiger partial charge on any atom is -0.395 e. The molecule has 2 N–H and O–H groups in total. The molecular weight excluding hydrogens is 294 g/mol. The molecule has 1 aromatic carbocycles. The number of aliphatic hydroxyl groups is 1. The zero-order valence-electron chi connectivity index (χ0n) is 11.1. The fourth-order valence-corrected chi connectivity index (χ4v) is 4.28. The number of sulfonamides is 1. The van der Waals surface area contributed by atoms with E-state index in [2.05, 4.69) is 4.72 Å². The molecule has 0 radical (unpaired) electrons. The summed E-state index contributed by atoms with van der Waals surface area (Å²) in [5.41, 5.74) is 0.987. The highest BCUT2D eigenvalue weighted by Crippen LogP contribution is 2.22. The Kier molecular flexibility index (Phi) is 4.93. The van der Waals surface area contributed by atoms with Gasteiger partial charge in [-0.25, -0.2) is 13.1 Å². The molecule has 0 amide bonds. The van der Waals surface area contributed by atoms with Gasteiger partial charge in [0.25, 0.3) is 0 Å². The number of thiophene rings is 1.